The molecule has 7 nitrogen and oxygen atoms in total. The molecule has 1 atom stereocenters. The molecule has 0 saturated carbocycles. The van der Waals surface area contributed by atoms with E-state index in [0.717, 1.165) is 16.3 Å². The summed E-state index contributed by atoms with van der Waals surface area (Å²) in [6, 6.07) is 22.1. The lowest BCUT2D eigenvalue weighted by molar-refractivity contribution is -0.150. The third-order valence-corrected chi connectivity index (χ3v) is 6.02. The van der Waals surface area contributed by atoms with Crippen molar-refractivity contribution in [2.24, 2.45) is 0 Å². The summed E-state index contributed by atoms with van der Waals surface area (Å²) < 4.78 is 18.1. The van der Waals surface area contributed by atoms with E-state index in [4.69, 9.17) is 14.2 Å². The summed E-state index contributed by atoms with van der Waals surface area (Å²) in [6.45, 7) is 3.67. The SMILES string of the molecule is CCOC(=O)[C@@H](C)Oc1ccc2c(c1)N(C)C(=O)N(c1ccc(Oc3ccccc3)cc1)S2. The van der Waals surface area contributed by atoms with E-state index >= 15 is 0 Å². The largest absolute Gasteiger partial charge is 0.479 e. The number of hydrogen-bond acceptors (Lipinski definition) is 6. The minimum atomic E-state index is -0.742. The van der Waals surface area contributed by atoms with E-state index in [0.29, 0.717) is 23.8 Å². The minimum absolute atomic E-state index is 0.195. The molecule has 1 aliphatic heterocycles. The van der Waals surface area contributed by atoms with Gasteiger partial charge in [0.05, 0.1) is 22.9 Å². The summed E-state index contributed by atoms with van der Waals surface area (Å²) in [5, 5.41) is 0. The van der Waals surface area contributed by atoms with E-state index in [2.05, 4.69) is 0 Å². The zero-order valence-corrected chi connectivity index (χ0v) is 19.4. The Kier molecular flexibility index (Phi) is 6.74. The Balaban J connectivity index is 1.49. The van der Waals surface area contributed by atoms with E-state index in [1.54, 1.807) is 42.2 Å². The van der Waals surface area contributed by atoms with Crippen molar-refractivity contribution in [3.05, 3.63) is 72.8 Å². The summed E-state index contributed by atoms with van der Waals surface area (Å²) in [6.07, 6.45) is -0.742. The molecule has 0 radical (unpaired) electrons. The zero-order chi connectivity index (χ0) is 23.4. The number of fused-ring (bicyclic) bond motifs is 1. The van der Waals surface area contributed by atoms with Gasteiger partial charge in [-0.1, -0.05) is 18.2 Å². The number of urea groups is 1. The van der Waals surface area contributed by atoms with Crippen LogP contribution in [0.1, 0.15) is 13.8 Å². The molecule has 4 rings (SSSR count). The predicted octanol–water partition coefficient (Wildman–Crippen LogP) is 5.89. The molecular formula is C25H24N2O5S. The maximum absolute atomic E-state index is 13.1. The number of esters is 1. The Bertz CT molecular complexity index is 1140. The summed E-state index contributed by atoms with van der Waals surface area (Å²) in [7, 11) is 1.71. The molecule has 0 bridgehead atoms. The van der Waals surface area contributed by atoms with Crippen molar-refractivity contribution in [2.75, 3.05) is 22.9 Å². The number of ether oxygens (including phenoxy) is 3. The molecule has 0 fully saturated rings. The number of amides is 2. The molecule has 8 heteroatoms. The lowest BCUT2D eigenvalue weighted by atomic mass is 10.2. The normalized spacial score (nSPS) is 13.8. The Morgan fingerprint density at radius 1 is 0.970 bits per heavy atom. The van der Waals surface area contributed by atoms with Gasteiger partial charge in [0.2, 0.25) is 0 Å². The van der Waals surface area contributed by atoms with Gasteiger partial charge >= 0.3 is 12.0 Å². The smallest absolute Gasteiger partial charge is 0.347 e. The molecule has 0 aliphatic carbocycles. The molecule has 0 saturated heterocycles. The van der Waals surface area contributed by atoms with Gasteiger partial charge in [-0.25, -0.2) is 13.9 Å². The number of carbonyl (C=O) groups excluding carboxylic acids is 2. The lowest BCUT2D eigenvalue weighted by Gasteiger charge is -2.34. The van der Waals surface area contributed by atoms with Crippen LogP contribution in [0.3, 0.4) is 0 Å². The number of rotatable bonds is 7. The Labute approximate surface area is 197 Å². The van der Waals surface area contributed by atoms with Crippen molar-refractivity contribution in [3.8, 4) is 17.2 Å². The van der Waals surface area contributed by atoms with Crippen molar-refractivity contribution in [1.29, 1.82) is 0 Å². The quantitative estimate of drug-likeness (QED) is 0.321. The van der Waals surface area contributed by atoms with Crippen molar-refractivity contribution in [2.45, 2.75) is 24.8 Å². The second kappa shape index (κ2) is 9.87. The lowest BCUT2D eigenvalue weighted by Crippen LogP contribution is -2.40. The summed E-state index contributed by atoms with van der Waals surface area (Å²) >= 11 is 1.33. The van der Waals surface area contributed by atoms with Gasteiger partial charge in [0.15, 0.2) is 6.10 Å². The fourth-order valence-electron chi connectivity index (χ4n) is 3.24. The molecule has 2 amide bonds. The van der Waals surface area contributed by atoms with Crippen LogP contribution in [0, 0.1) is 0 Å². The number of carbonyl (C=O) groups is 2. The van der Waals surface area contributed by atoms with Gasteiger partial charge in [0.25, 0.3) is 0 Å². The van der Waals surface area contributed by atoms with Crippen molar-refractivity contribution < 1.29 is 23.8 Å². The highest BCUT2D eigenvalue weighted by atomic mass is 32.2. The van der Waals surface area contributed by atoms with Crippen LogP contribution in [-0.4, -0.2) is 31.8 Å². The molecule has 1 aliphatic rings. The fraction of sp³-hybridized carbons (Fsp3) is 0.200. The van der Waals surface area contributed by atoms with E-state index in [-0.39, 0.29) is 6.03 Å². The van der Waals surface area contributed by atoms with Crippen molar-refractivity contribution in [1.82, 2.24) is 0 Å². The first-order valence-electron chi connectivity index (χ1n) is 10.5. The maximum Gasteiger partial charge on any atom is 0.347 e. The van der Waals surface area contributed by atoms with Crippen LogP contribution in [-0.2, 0) is 9.53 Å². The molecule has 0 aromatic heterocycles. The van der Waals surface area contributed by atoms with Gasteiger partial charge in [0, 0.05) is 13.1 Å². The van der Waals surface area contributed by atoms with Crippen molar-refractivity contribution >= 4 is 35.3 Å². The zero-order valence-electron chi connectivity index (χ0n) is 18.6. The molecule has 33 heavy (non-hydrogen) atoms. The Morgan fingerprint density at radius 3 is 2.33 bits per heavy atom. The molecule has 3 aromatic carbocycles. The third kappa shape index (κ3) is 5.06. The van der Waals surface area contributed by atoms with Crippen LogP contribution in [0.25, 0.3) is 0 Å². The van der Waals surface area contributed by atoms with E-state index in [9.17, 15) is 9.59 Å². The number of nitrogens with zero attached hydrogens (tertiary/aromatic N) is 2. The van der Waals surface area contributed by atoms with Gasteiger partial charge in [0.1, 0.15) is 17.2 Å². The highest BCUT2D eigenvalue weighted by molar-refractivity contribution is 8.01. The average molecular weight is 465 g/mol. The molecule has 3 aromatic rings. The number of anilines is 2. The summed E-state index contributed by atoms with van der Waals surface area (Å²) in [5.74, 6) is 1.49. The fourth-order valence-corrected chi connectivity index (χ4v) is 4.28. The van der Waals surface area contributed by atoms with E-state index in [1.165, 1.54) is 11.9 Å². The topological polar surface area (TPSA) is 68.3 Å². The van der Waals surface area contributed by atoms with Gasteiger partial charge in [-0.05, 0) is 74.3 Å². The average Bonchev–Trinajstić information content (AvgIpc) is 2.83. The van der Waals surface area contributed by atoms with Crippen LogP contribution in [0.2, 0.25) is 0 Å². The molecule has 0 N–H and O–H groups in total. The van der Waals surface area contributed by atoms with Gasteiger partial charge in [-0.2, -0.15) is 0 Å². The van der Waals surface area contributed by atoms with Crippen LogP contribution in [0.4, 0.5) is 16.2 Å². The highest BCUT2D eigenvalue weighted by Gasteiger charge is 2.31. The number of benzene rings is 3. The third-order valence-electron chi connectivity index (χ3n) is 4.92. The first kappa shape index (κ1) is 22.5. The van der Waals surface area contributed by atoms with E-state index < -0.39 is 12.1 Å². The molecule has 1 heterocycles. The number of para-hydroxylation sites is 1. The first-order chi connectivity index (χ1) is 16.0. The second-order valence-corrected chi connectivity index (χ2v) is 8.27. The highest BCUT2D eigenvalue weighted by Crippen LogP contribution is 2.42. The van der Waals surface area contributed by atoms with Crippen molar-refractivity contribution in [3.63, 3.8) is 0 Å². The summed E-state index contributed by atoms with van der Waals surface area (Å²) in [4.78, 5) is 27.4. The van der Waals surface area contributed by atoms with Gasteiger partial charge in [-0.15, -0.1) is 0 Å². The standard InChI is InChI=1S/C25H24N2O5S/c1-4-30-24(28)17(2)31-21-14-15-23-22(16-21)26(3)25(29)27(33-23)18-10-12-20(13-11-18)32-19-8-6-5-7-9-19/h5-17H,4H2,1-3H3/t17-/m1/s1. The minimum Gasteiger partial charge on any atom is -0.479 e. The summed E-state index contributed by atoms with van der Waals surface area (Å²) in [5.41, 5.74) is 1.44. The van der Waals surface area contributed by atoms with Gasteiger partial charge in [-0.3, -0.25) is 4.90 Å². The molecule has 170 valence electrons. The Morgan fingerprint density at radius 2 is 1.64 bits per heavy atom. The predicted molar refractivity (Wildman–Crippen MR) is 128 cm³/mol. The molecule has 0 unspecified atom stereocenters. The van der Waals surface area contributed by atoms with Crippen LogP contribution < -0.4 is 18.7 Å². The number of hydrogen-bond donors (Lipinski definition) is 0. The first-order valence-corrected chi connectivity index (χ1v) is 11.3. The van der Waals surface area contributed by atoms with Crippen LogP contribution in [0.15, 0.2) is 77.7 Å². The Hall–Kier alpha value is -3.65. The second-order valence-electron chi connectivity index (χ2n) is 7.28. The van der Waals surface area contributed by atoms with Gasteiger partial charge < -0.3 is 14.2 Å². The molecular weight excluding hydrogens is 440 g/mol. The maximum atomic E-state index is 13.1. The molecule has 0 spiro atoms. The monoisotopic (exact) mass is 464 g/mol. The van der Waals surface area contributed by atoms with E-state index in [1.807, 2.05) is 60.7 Å². The van der Waals surface area contributed by atoms with Crippen LogP contribution in [0.5, 0.6) is 17.2 Å². The van der Waals surface area contributed by atoms with Crippen LogP contribution >= 0.6 is 11.9 Å².